The van der Waals surface area contributed by atoms with E-state index in [-0.39, 0.29) is 24.2 Å². The van der Waals surface area contributed by atoms with Crippen molar-refractivity contribution in [2.75, 3.05) is 43.0 Å². The molecule has 1 N–H and O–H groups in total. The minimum Gasteiger partial charge on any atom is -0.452 e. The van der Waals surface area contributed by atoms with E-state index in [1.54, 1.807) is 29.2 Å². The van der Waals surface area contributed by atoms with Crippen LogP contribution in [-0.4, -0.2) is 55.5 Å². The Kier molecular flexibility index (Phi) is 6.43. The zero-order chi connectivity index (χ0) is 20.8. The Labute approximate surface area is 168 Å². The lowest BCUT2D eigenvalue weighted by atomic mass is 10.2. The van der Waals surface area contributed by atoms with Crippen molar-refractivity contribution in [2.24, 2.45) is 0 Å². The summed E-state index contributed by atoms with van der Waals surface area (Å²) in [6.45, 7) is 3.31. The third-order valence-electron chi connectivity index (χ3n) is 4.59. The molecule has 29 heavy (non-hydrogen) atoms. The third-order valence-corrected chi connectivity index (χ3v) is 4.59. The van der Waals surface area contributed by atoms with Crippen LogP contribution in [0.2, 0.25) is 0 Å². The molecule has 2 amide bonds. The van der Waals surface area contributed by atoms with Crippen molar-refractivity contribution in [2.45, 2.75) is 6.92 Å². The summed E-state index contributed by atoms with van der Waals surface area (Å²) in [5.41, 5.74) is 1.78. The first kappa shape index (κ1) is 20.3. The van der Waals surface area contributed by atoms with Crippen LogP contribution in [0.4, 0.5) is 15.8 Å². The number of rotatable bonds is 5. The molecule has 0 atom stereocenters. The van der Waals surface area contributed by atoms with Gasteiger partial charge in [0.05, 0.1) is 5.56 Å². The first-order valence-electron chi connectivity index (χ1n) is 9.25. The van der Waals surface area contributed by atoms with Gasteiger partial charge in [-0.3, -0.25) is 9.59 Å². The van der Waals surface area contributed by atoms with Gasteiger partial charge in [-0.2, -0.15) is 0 Å². The molecule has 1 saturated heterocycles. The van der Waals surface area contributed by atoms with E-state index in [4.69, 9.17) is 4.74 Å². The quantitative estimate of drug-likeness (QED) is 0.781. The predicted molar refractivity (Wildman–Crippen MR) is 106 cm³/mol. The molecule has 152 valence electrons. The summed E-state index contributed by atoms with van der Waals surface area (Å²) in [6.07, 6.45) is 0. The molecule has 2 aromatic rings. The largest absolute Gasteiger partial charge is 0.452 e. The maximum atomic E-state index is 13.0. The van der Waals surface area contributed by atoms with Gasteiger partial charge in [0.25, 0.3) is 5.91 Å². The highest BCUT2D eigenvalue weighted by Crippen LogP contribution is 2.17. The Bertz CT molecular complexity index is 876. The molecule has 8 heteroatoms. The molecule has 0 aromatic heterocycles. The van der Waals surface area contributed by atoms with E-state index in [0.29, 0.717) is 37.4 Å². The van der Waals surface area contributed by atoms with Crippen LogP contribution in [0.25, 0.3) is 0 Å². The van der Waals surface area contributed by atoms with E-state index in [1.807, 2.05) is 0 Å². The molecule has 1 heterocycles. The van der Waals surface area contributed by atoms with Crippen molar-refractivity contribution < 1.29 is 23.5 Å². The maximum Gasteiger partial charge on any atom is 0.338 e. The number of esters is 1. The molecule has 2 aromatic carbocycles. The van der Waals surface area contributed by atoms with E-state index < -0.39 is 5.97 Å². The summed E-state index contributed by atoms with van der Waals surface area (Å²) in [5, 5.41) is 2.61. The number of carbonyl (C=O) groups is 3. The molecule has 0 radical (unpaired) electrons. The molecule has 0 bridgehead atoms. The van der Waals surface area contributed by atoms with Gasteiger partial charge in [0, 0.05) is 44.5 Å². The van der Waals surface area contributed by atoms with Gasteiger partial charge < -0.3 is 19.9 Å². The molecule has 0 spiro atoms. The standard InChI is InChI=1S/C21H22FN3O4/c1-15(26)23-18-6-2-16(3-7-18)21(28)29-14-20(27)25-12-10-24(11-13-25)19-8-4-17(22)5-9-19/h2-9H,10-14H2,1H3,(H,23,26). The molecule has 7 nitrogen and oxygen atoms in total. The first-order chi connectivity index (χ1) is 13.9. The fourth-order valence-electron chi connectivity index (χ4n) is 3.06. The Morgan fingerprint density at radius 1 is 0.966 bits per heavy atom. The Hall–Kier alpha value is -3.42. The van der Waals surface area contributed by atoms with Crippen LogP contribution in [0, 0.1) is 5.82 Å². The van der Waals surface area contributed by atoms with Crippen LogP contribution in [0.3, 0.4) is 0 Å². The molecule has 1 aliphatic rings. The van der Waals surface area contributed by atoms with Gasteiger partial charge in [0.1, 0.15) is 5.82 Å². The molecule has 1 aliphatic heterocycles. The minimum absolute atomic E-state index is 0.203. The highest BCUT2D eigenvalue weighted by atomic mass is 19.1. The smallest absolute Gasteiger partial charge is 0.338 e. The monoisotopic (exact) mass is 399 g/mol. The zero-order valence-electron chi connectivity index (χ0n) is 16.1. The summed E-state index contributed by atoms with van der Waals surface area (Å²) in [4.78, 5) is 39.2. The second-order valence-corrected chi connectivity index (χ2v) is 6.68. The fourth-order valence-corrected chi connectivity index (χ4v) is 3.06. The average molecular weight is 399 g/mol. The van der Waals surface area contributed by atoms with E-state index in [2.05, 4.69) is 10.2 Å². The van der Waals surface area contributed by atoms with Gasteiger partial charge in [-0.15, -0.1) is 0 Å². The van der Waals surface area contributed by atoms with Crippen LogP contribution < -0.4 is 10.2 Å². The molecule has 0 unspecified atom stereocenters. The number of nitrogens with one attached hydrogen (secondary N) is 1. The predicted octanol–water partition coefficient (Wildman–Crippen LogP) is 2.29. The van der Waals surface area contributed by atoms with E-state index in [1.165, 1.54) is 31.2 Å². The number of ether oxygens (including phenoxy) is 1. The fraction of sp³-hybridized carbons (Fsp3) is 0.286. The molecule has 0 aliphatic carbocycles. The van der Waals surface area contributed by atoms with Crippen LogP contribution >= 0.6 is 0 Å². The van der Waals surface area contributed by atoms with Crippen molar-refractivity contribution in [3.8, 4) is 0 Å². The second-order valence-electron chi connectivity index (χ2n) is 6.68. The van der Waals surface area contributed by atoms with Crippen molar-refractivity contribution in [1.82, 2.24) is 4.90 Å². The highest BCUT2D eigenvalue weighted by molar-refractivity contribution is 5.93. The minimum atomic E-state index is -0.599. The molecule has 3 rings (SSSR count). The number of benzene rings is 2. The summed E-state index contributed by atoms with van der Waals surface area (Å²) in [5.74, 6) is -1.34. The number of halogens is 1. The van der Waals surface area contributed by atoms with Crippen LogP contribution in [0.1, 0.15) is 17.3 Å². The van der Waals surface area contributed by atoms with Gasteiger partial charge in [0.2, 0.25) is 5.91 Å². The number of hydrogen-bond acceptors (Lipinski definition) is 5. The number of amides is 2. The number of nitrogens with zero attached hydrogens (tertiary/aromatic N) is 2. The molecule has 0 saturated carbocycles. The van der Waals surface area contributed by atoms with Gasteiger partial charge >= 0.3 is 5.97 Å². The lowest BCUT2D eigenvalue weighted by molar-refractivity contribution is -0.134. The number of anilines is 2. The van der Waals surface area contributed by atoms with Gasteiger partial charge in [-0.05, 0) is 48.5 Å². The zero-order valence-corrected chi connectivity index (χ0v) is 16.1. The second kappa shape index (κ2) is 9.18. The third kappa shape index (κ3) is 5.54. The van der Waals surface area contributed by atoms with Crippen molar-refractivity contribution in [3.63, 3.8) is 0 Å². The van der Waals surface area contributed by atoms with E-state index in [9.17, 15) is 18.8 Å². The normalized spacial score (nSPS) is 13.7. The van der Waals surface area contributed by atoms with Gasteiger partial charge in [-0.1, -0.05) is 0 Å². The summed E-state index contributed by atoms with van der Waals surface area (Å²) in [7, 11) is 0. The SMILES string of the molecule is CC(=O)Nc1ccc(C(=O)OCC(=O)N2CCN(c3ccc(F)cc3)CC2)cc1. The number of hydrogen-bond donors (Lipinski definition) is 1. The van der Waals surface area contributed by atoms with Gasteiger partial charge in [0.15, 0.2) is 6.61 Å². The first-order valence-corrected chi connectivity index (χ1v) is 9.25. The van der Waals surface area contributed by atoms with Crippen LogP contribution in [0.15, 0.2) is 48.5 Å². The lowest BCUT2D eigenvalue weighted by Crippen LogP contribution is -2.49. The topological polar surface area (TPSA) is 78.9 Å². The Morgan fingerprint density at radius 2 is 1.59 bits per heavy atom. The van der Waals surface area contributed by atoms with Crippen molar-refractivity contribution in [1.29, 1.82) is 0 Å². The molecular weight excluding hydrogens is 377 g/mol. The van der Waals surface area contributed by atoms with Crippen molar-refractivity contribution in [3.05, 3.63) is 59.9 Å². The Morgan fingerprint density at radius 3 is 2.17 bits per heavy atom. The van der Waals surface area contributed by atoms with Crippen LogP contribution in [0.5, 0.6) is 0 Å². The van der Waals surface area contributed by atoms with E-state index in [0.717, 1.165) is 5.69 Å². The molecule has 1 fully saturated rings. The average Bonchev–Trinajstić information content (AvgIpc) is 2.72. The summed E-state index contributed by atoms with van der Waals surface area (Å²) >= 11 is 0. The van der Waals surface area contributed by atoms with Gasteiger partial charge in [-0.25, -0.2) is 9.18 Å². The molecular formula is C21H22FN3O4. The van der Waals surface area contributed by atoms with E-state index >= 15 is 0 Å². The number of carbonyl (C=O) groups excluding carboxylic acids is 3. The Balaban J connectivity index is 1.45. The highest BCUT2D eigenvalue weighted by Gasteiger charge is 2.22. The summed E-state index contributed by atoms with van der Waals surface area (Å²) in [6, 6.07) is 12.5. The van der Waals surface area contributed by atoms with Crippen LogP contribution in [-0.2, 0) is 14.3 Å². The maximum absolute atomic E-state index is 13.0. The lowest BCUT2D eigenvalue weighted by Gasteiger charge is -2.36. The number of piperazine rings is 1. The summed E-state index contributed by atoms with van der Waals surface area (Å²) < 4.78 is 18.2. The van der Waals surface area contributed by atoms with Crippen molar-refractivity contribution >= 4 is 29.2 Å².